The molecule has 0 spiro atoms. The number of imidazole rings is 1. The first-order valence-corrected chi connectivity index (χ1v) is 7.43. The molecule has 4 heteroatoms. The van der Waals surface area contributed by atoms with Crippen LogP contribution in [0.25, 0.3) is 11.0 Å². The van der Waals surface area contributed by atoms with Gasteiger partial charge in [-0.2, -0.15) is 0 Å². The molecule has 1 unspecified atom stereocenters. The van der Waals surface area contributed by atoms with Gasteiger partial charge in [-0.05, 0) is 30.9 Å². The van der Waals surface area contributed by atoms with E-state index in [1.807, 2.05) is 6.07 Å². The number of fused-ring (bicyclic) bond motifs is 1. The Kier molecular flexibility index (Phi) is 4.45. The van der Waals surface area contributed by atoms with E-state index in [1.165, 1.54) is 5.52 Å². The normalized spacial score (nSPS) is 13.8. The lowest BCUT2D eigenvalue weighted by Gasteiger charge is -2.32. The summed E-state index contributed by atoms with van der Waals surface area (Å²) >= 11 is 0. The second-order valence-corrected chi connectivity index (χ2v) is 6.03. The molecule has 2 rings (SSSR count). The Morgan fingerprint density at radius 3 is 2.60 bits per heavy atom. The number of aryl methyl sites for hydroxylation is 1. The molecule has 110 valence electrons. The highest BCUT2D eigenvalue weighted by Gasteiger charge is 2.28. The molecule has 0 aliphatic heterocycles. The Balaban J connectivity index is 2.37. The standard InChI is InChI=1S/C16H26N4/c1-5-16(3,4)14(19-17)11-15-18-12-9-7-8-10-13(12)20(15)6-2/h7-10,14,19H,5-6,11,17H2,1-4H3. The van der Waals surface area contributed by atoms with Crippen molar-refractivity contribution in [3.05, 3.63) is 30.1 Å². The van der Waals surface area contributed by atoms with Crippen molar-refractivity contribution in [3.8, 4) is 0 Å². The van der Waals surface area contributed by atoms with Crippen molar-refractivity contribution in [2.75, 3.05) is 0 Å². The van der Waals surface area contributed by atoms with E-state index in [-0.39, 0.29) is 11.5 Å². The van der Waals surface area contributed by atoms with Crippen molar-refractivity contribution in [3.63, 3.8) is 0 Å². The van der Waals surface area contributed by atoms with Crippen LogP contribution in [0.3, 0.4) is 0 Å². The second kappa shape index (κ2) is 5.94. The maximum Gasteiger partial charge on any atom is 0.111 e. The fourth-order valence-corrected chi connectivity index (χ4v) is 2.62. The average molecular weight is 274 g/mol. The maximum atomic E-state index is 5.78. The molecular weight excluding hydrogens is 248 g/mol. The average Bonchev–Trinajstić information content (AvgIpc) is 2.81. The number of rotatable bonds is 6. The molecule has 2 aromatic rings. The van der Waals surface area contributed by atoms with E-state index >= 15 is 0 Å². The lowest BCUT2D eigenvalue weighted by molar-refractivity contribution is 0.228. The summed E-state index contributed by atoms with van der Waals surface area (Å²) in [6, 6.07) is 8.52. The summed E-state index contributed by atoms with van der Waals surface area (Å²) in [5, 5.41) is 0. The molecule has 0 fully saturated rings. The Hall–Kier alpha value is -1.39. The number of nitrogens with two attached hydrogens (primary N) is 1. The summed E-state index contributed by atoms with van der Waals surface area (Å²) in [6.07, 6.45) is 1.92. The van der Waals surface area contributed by atoms with E-state index in [0.29, 0.717) is 0 Å². The fraction of sp³-hybridized carbons (Fsp3) is 0.562. The summed E-state index contributed by atoms with van der Waals surface area (Å²) < 4.78 is 2.28. The molecule has 4 nitrogen and oxygen atoms in total. The highest BCUT2D eigenvalue weighted by atomic mass is 15.2. The van der Waals surface area contributed by atoms with Gasteiger partial charge in [-0.15, -0.1) is 0 Å². The number of aromatic nitrogens is 2. The summed E-state index contributed by atoms with van der Waals surface area (Å²) in [5.41, 5.74) is 5.40. The monoisotopic (exact) mass is 274 g/mol. The molecule has 1 heterocycles. The minimum Gasteiger partial charge on any atom is -0.328 e. The van der Waals surface area contributed by atoms with Crippen LogP contribution in [0.1, 0.15) is 39.9 Å². The van der Waals surface area contributed by atoms with Gasteiger partial charge in [0.05, 0.1) is 11.0 Å². The van der Waals surface area contributed by atoms with Gasteiger partial charge in [0.1, 0.15) is 5.82 Å². The third kappa shape index (κ3) is 2.72. The molecule has 0 aliphatic rings. The lowest BCUT2D eigenvalue weighted by atomic mass is 9.80. The van der Waals surface area contributed by atoms with Gasteiger partial charge in [0, 0.05) is 19.0 Å². The van der Waals surface area contributed by atoms with Crippen LogP contribution in [-0.2, 0) is 13.0 Å². The minimum atomic E-state index is 0.144. The predicted octanol–water partition coefficient (Wildman–Crippen LogP) is 2.87. The highest BCUT2D eigenvalue weighted by Crippen LogP contribution is 2.27. The van der Waals surface area contributed by atoms with Crippen LogP contribution < -0.4 is 11.3 Å². The lowest BCUT2D eigenvalue weighted by Crippen LogP contribution is -2.47. The van der Waals surface area contributed by atoms with Crippen LogP contribution in [-0.4, -0.2) is 15.6 Å². The summed E-state index contributed by atoms with van der Waals surface area (Å²) in [6.45, 7) is 9.78. The van der Waals surface area contributed by atoms with Crippen molar-refractivity contribution < 1.29 is 0 Å². The minimum absolute atomic E-state index is 0.144. The largest absolute Gasteiger partial charge is 0.328 e. The molecule has 0 amide bonds. The first kappa shape index (κ1) is 15.0. The molecule has 3 N–H and O–H groups in total. The molecule has 0 radical (unpaired) electrons. The molecule has 0 saturated carbocycles. The third-order valence-corrected chi connectivity index (χ3v) is 4.49. The van der Waals surface area contributed by atoms with Crippen LogP contribution in [0.2, 0.25) is 0 Å². The highest BCUT2D eigenvalue weighted by molar-refractivity contribution is 5.75. The Bertz CT molecular complexity index is 571. The van der Waals surface area contributed by atoms with Crippen LogP contribution in [0.15, 0.2) is 24.3 Å². The summed E-state index contributed by atoms with van der Waals surface area (Å²) in [4.78, 5) is 4.79. The SMILES string of the molecule is CCn1c(CC(NN)C(C)(C)CC)nc2ccccc21. The molecule has 1 aromatic carbocycles. The van der Waals surface area contributed by atoms with Gasteiger partial charge in [-0.25, -0.2) is 4.98 Å². The van der Waals surface area contributed by atoms with E-state index < -0.39 is 0 Å². The molecule has 0 bridgehead atoms. The molecule has 20 heavy (non-hydrogen) atoms. The van der Waals surface area contributed by atoms with Crippen molar-refractivity contribution in [1.82, 2.24) is 15.0 Å². The molecular formula is C16H26N4. The zero-order valence-electron chi connectivity index (χ0n) is 13.0. The topological polar surface area (TPSA) is 55.9 Å². The van der Waals surface area contributed by atoms with Crippen molar-refractivity contribution in [1.29, 1.82) is 0 Å². The van der Waals surface area contributed by atoms with Crippen molar-refractivity contribution in [2.45, 2.75) is 53.1 Å². The Morgan fingerprint density at radius 2 is 2.00 bits per heavy atom. The first-order valence-electron chi connectivity index (χ1n) is 7.43. The van der Waals surface area contributed by atoms with E-state index in [9.17, 15) is 0 Å². The van der Waals surface area contributed by atoms with Gasteiger partial charge in [0.25, 0.3) is 0 Å². The second-order valence-electron chi connectivity index (χ2n) is 6.03. The van der Waals surface area contributed by atoms with Crippen molar-refractivity contribution >= 4 is 11.0 Å². The zero-order valence-corrected chi connectivity index (χ0v) is 13.0. The van der Waals surface area contributed by atoms with Gasteiger partial charge >= 0.3 is 0 Å². The smallest absolute Gasteiger partial charge is 0.111 e. The van der Waals surface area contributed by atoms with E-state index in [2.05, 4.69) is 55.9 Å². The van der Waals surface area contributed by atoms with Gasteiger partial charge in [0.2, 0.25) is 0 Å². The molecule has 1 aromatic heterocycles. The van der Waals surface area contributed by atoms with Gasteiger partial charge in [0.15, 0.2) is 0 Å². The number of nitrogens with one attached hydrogen (secondary N) is 1. The number of hydrogen-bond donors (Lipinski definition) is 2. The van der Waals surface area contributed by atoms with Crippen molar-refractivity contribution in [2.24, 2.45) is 11.3 Å². The summed E-state index contributed by atoms with van der Waals surface area (Å²) in [7, 11) is 0. The number of para-hydroxylation sites is 2. The quantitative estimate of drug-likeness (QED) is 0.629. The molecule has 1 atom stereocenters. The van der Waals surface area contributed by atoms with Crippen LogP contribution in [0.5, 0.6) is 0 Å². The van der Waals surface area contributed by atoms with Gasteiger partial charge in [-0.3, -0.25) is 11.3 Å². The Labute approximate surface area is 121 Å². The molecule has 0 aliphatic carbocycles. The van der Waals surface area contributed by atoms with E-state index in [1.54, 1.807) is 0 Å². The van der Waals surface area contributed by atoms with Crippen LogP contribution in [0, 0.1) is 5.41 Å². The Morgan fingerprint density at radius 1 is 1.30 bits per heavy atom. The van der Waals surface area contributed by atoms with Gasteiger partial charge in [-0.1, -0.05) is 32.9 Å². The number of benzene rings is 1. The predicted molar refractivity (Wildman–Crippen MR) is 84.3 cm³/mol. The third-order valence-electron chi connectivity index (χ3n) is 4.49. The van der Waals surface area contributed by atoms with Crippen LogP contribution in [0.4, 0.5) is 0 Å². The van der Waals surface area contributed by atoms with E-state index in [0.717, 1.165) is 30.7 Å². The zero-order chi connectivity index (χ0) is 14.8. The van der Waals surface area contributed by atoms with E-state index in [4.69, 9.17) is 10.8 Å². The number of hydrogen-bond acceptors (Lipinski definition) is 3. The first-order chi connectivity index (χ1) is 9.53. The summed E-state index contributed by atoms with van der Waals surface area (Å²) in [5.74, 6) is 6.89. The maximum absolute atomic E-state index is 5.78. The number of nitrogens with zero attached hydrogens (tertiary/aromatic N) is 2. The van der Waals surface area contributed by atoms with Crippen LogP contribution >= 0.6 is 0 Å². The molecule has 0 saturated heterocycles. The fourth-order valence-electron chi connectivity index (χ4n) is 2.62. The van der Waals surface area contributed by atoms with Gasteiger partial charge < -0.3 is 4.57 Å². The number of hydrazine groups is 1.